The predicted molar refractivity (Wildman–Crippen MR) is 91.8 cm³/mol. The molecule has 0 fully saturated rings. The number of halogens is 1. The lowest BCUT2D eigenvalue weighted by molar-refractivity contribution is 0.470. The average Bonchev–Trinajstić information content (AvgIpc) is 2.29. The van der Waals surface area contributed by atoms with Crippen LogP contribution in [0.4, 0.5) is 0 Å². The number of hydrogen-bond acceptors (Lipinski definition) is 2. The second-order valence-corrected chi connectivity index (χ2v) is 5.10. The highest BCUT2D eigenvalue weighted by atomic mass is 127. The van der Waals surface area contributed by atoms with Crippen LogP contribution in [0.3, 0.4) is 0 Å². The molecule has 1 N–H and O–H groups in total. The summed E-state index contributed by atoms with van der Waals surface area (Å²) in [6.07, 6.45) is 6.27. The Labute approximate surface area is 128 Å². The van der Waals surface area contributed by atoms with Gasteiger partial charge in [-0.15, -0.1) is 30.6 Å². The molecule has 0 bridgehead atoms. The molecule has 0 aromatic carbocycles. The molecule has 0 aromatic heterocycles. The maximum atomic E-state index is 4.27. The van der Waals surface area contributed by atoms with E-state index in [1.165, 1.54) is 0 Å². The number of unbranched alkanes of at least 4 members (excludes halogenated alkanes) is 1. The quantitative estimate of drug-likeness (QED) is 0.245. The van der Waals surface area contributed by atoms with E-state index in [0.29, 0.717) is 5.25 Å². The molecule has 0 saturated heterocycles. The molecule has 102 valence electrons. The summed E-state index contributed by atoms with van der Waals surface area (Å²) in [5, 5.41) is 3.99. The molecular formula is C12H26IN3S. The topological polar surface area (TPSA) is 27.6 Å². The molecule has 5 heteroatoms. The molecule has 3 nitrogen and oxygen atoms in total. The van der Waals surface area contributed by atoms with Gasteiger partial charge in [0.1, 0.15) is 0 Å². The number of nitrogens with one attached hydrogen (secondary N) is 1. The standard InChI is InChI=1S/C12H25N3S.HI/c1-6-7-8-9-15(4)12(13-3)14-10-11(2)16-5;/h6,11H,1,7-10H2,2-5H3,(H,13,14);1H. The summed E-state index contributed by atoms with van der Waals surface area (Å²) in [6, 6.07) is 0. The molecular weight excluding hydrogens is 345 g/mol. The van der Waals surface area contributed by atoms with Gasteiger partial charge in [-0.25, -0.2) is 0 Å². The number of guanidine groups is 1. The third kappa shape index (κ3) is 9.76. The second kappa shape index (κ2) is 12.5. The van der Waals surface area contributed by atoms with Crippen LogP contribution in [0.25, 0.3) is 0 Å². The highest BCUT2D eigenvalue weighted by Crippen LogP contribution is 2.03. The van der Waals surface area contributed by atoms with Crippen LogP contribution in [0.5, 0.6) is 0 Å². The molecule has 0 aliphatic carbocycles. The van der Waals surface area contributed by atoms with Gasteiger partial charge in [-0.2, -0.15) is 11.8 Å². The highest BCUT2D eigenvalue weighted by molar-refractivity contribution is 14.0. The van der Waals surface area contributed by atoms with E-state index in [4.69, 9.17) is 0 Å². The molecule has 0 amide bonds. The molecule has 0 aromatic rings. The maximum Gasteiger partial charge on any atom is 0.193 e. The zero-order chi connectivity index (χ0) is 12.4. The van der Waals surface area contributed by atoms with Crippen molar-refractivity contribution in [2.75, 3.05) is 33.4 Å². The minimum Gasteiger partial charge on any atom is -0.355 e. The molecule has 17 heavy (non-hydrogen) atoms. The number of nitrogens with zero attached hydrogens (tertiary/aromatic N) is 2. The minimum atomic E-state index is 0. The molecule has 0 aliphatic rings. The molecule has 0 radical (unpaired) electrons. The third-order valence-electron chi connectivity index (χ3n) is 2.43. The van der Waals surface area contributed by atoms with Crippen molar-refractivity contribution < 1.29 is 0 Å². The van der Waals surface area contributed by atoms with Crippen molar-refractivity contribution in [1.82, 2.24) is 10.2 Å². The van der Waals surface area contributed by atoms with E-state index in [1.54, 1.807) is 0 Å². The van der Waals surface area contributed by atoms with Gasteiger partial charge in [0.2, 0.25) is 0 Å². The molecule has 0 saturated carbocycles. The Kier molecular flexibility index (Phi) is 14.3. The third-order valence-corrected chi connectivity index (χ3v) is 3.40. The summed E-state index contributed by atoms with van der Waals surface area (Å²) in [7, 11) is 3.90. The van der Waals surface area contributed by atoms with Crippen molar-refractivity contribution in [3.8, 4) is 0 Å². The first kappa shape index (κ1) is 19.4. The largest absolute Gasteiger partial charge is 0.355 e. The Balaban J connectivity index is 0. The minimum absolute atomic E-state index is 0. The van der Waals surface area contributed by atoms with Gasteiger partial charge in [-0.1, -0.05) is 13.0 Å². The van der Waals surface area contributed by atoms with E-state index in [1.807, 2.05) is 24.9 Å². The Morgan fingerprint density at radius 3 is 2.71 bits per heavy atom. The van der Waals surface area contributed by atoms with Gasteiger partial charge in [0.15, 0.2) is 5.96 Å². The van der Waals surface area contributed by atoms with Crippen molar-refractivity contribution in [3.63, 3.8) is 0 Å². The monoisotopic (exact) mass is 371 g/mol. The van der Waals surface area contributed by atoms with Crippen LogP contribution in [0.1, 0.15) is 19.8 Å². The van der Waals surface area contributed by atoms with Gasteiger partial charge in [0, 0.05) is 32.4 Å². The van der Waals surface area contributed by atoms with Crippen LogP contribution in [0.15, 0.2) is 17.6 Å². The van der Waals surface area contributed by atoms with E-state index < -0.39 is 0 Å². The van der Waals surface area contributed by atoms with Gasteiger partial charge in [0.05, 0.1) is 0 Å². The van der Waals surface area contributed by atoms with Crippen molar-refractivity contribution in [2.45, 2.75) is 25.0 Å². The summed E-state index contributed by atoms with van der Waals surface area (Å²) in [6.45, 7) is 7.91. The molecule has 1 unspecified atom stereocenters. The lowest BCUT2D eigenvalue weighted by atomic mass is 10.3. The van der Waals surface area contributed by atoms with Crippen LogP contribution < -0.4 is 5.32 Å². The molecule has 0 heterocycles. The van der Waals surface area contributed by atoms with Gasteiger partial charge >= 0.3 is 0 Å². The fourth-order valence-electron chi connectivity index (χ4n) is 1.28. The van der Waals surface area contributed by atoms with Crippen LogP contribution in [0, 0.1) is 0 Å². The van der Waals surface area contributed by atoms with E-state index in [2.05, 4.69) is 42.0 Å². The first-order valence-corrected chi connectivity index (χ1v) is 7.00. The first-order chi connectivity index (χ1) is 7.65. The summed E-state index contributed by atoms with van der Waals surface area (Å²) >= 11 is 1.86. The van der Waals surface area contributed by atoms with Crippen LogP contribution in [-0.4, -0.2) is 49.6 Å². The molecule has 0 spiro atoms. The Hall–Kier alpha value is 0.0900. The van der Waals surface area contributed by atoms with Gasteiger partial charge < -0.3 is 10.2 Å². The average molecular weight is 371 g/mol. The Bertz CT molecular complexity index is 222. The van der Waals surface area contributed by atoms with E-state index in [-0.39, 0.29) is 24.0 Å². The van der Waals surface area contributed by atoms with Gasteiger partial charge in [-0.05, 0) is 19.1 Å². The zero-order valence-corrected chi connectivity index (χ0v) is 14.5. The fourth-order valence-corrected chi connectivity index (χ4v) is 1.53. The normalized spacial score (nSPS) is 12.6. The number of aliphatic imine (C=N–C) groups is 1. The van der Waals surface area contributed by atoms with Crippen LogP contribution in [-0.2, 0) is 0 Å². The van der Waals surface area contributed by atoms with Crippen molar-refractivity contribution in [3.05, 3.63) is 12.7 Å². The second-order valence-electron chi connectivity index (χ2n) is 3.83. The Morgan fingerprint density at radius 2 is 2.24 bits per heavy atom. The SMILES string of the molecule is C=CCCCN(C)C(=NC)NCC(C)SC.I. The zero-order valence-electron chi connectivity index (χ0n) is 11.4. The summed E-state index contributed by atoms with van der Waals surface area (Å²) in [5.41, 5.74) is 0. The number of hydrogen-bond donors (Lipinski definition) is 1. The smallest absolute Gasteiger partial charge is 0.193 e. The number of thioether (sulfide) groups is 1. The fraction of sp³-hybridized carbons (Fsp3) is 0.750. The lowest BCUT2D eigenvalue weighted by Crippen LogP contribution is -2.41. The van der Waals surface area contributed by atoms with Crippen molar-refractivity contribution in [1.29, 1.82) is 0 Å². The van der Waals surface area contributed by atoms with Gasteiger partial charge in [-0.3, -0.25) is 4.99 Å². The molecule has 0 aliphatic heterocycles. The van der Waals surface area contributed by atoms with Crippen LogP contribution in [0.2, 0.25) is 0 Å². The molecule has 1 atom stereocenters. The first-order valence-electron chi connectivity index (χ1n) is 5.71. The maximum absolute atomic E-state index is 4.27. The van der Waals surface area contributed by atoms with E-state index in [9.17, 15) is 0 Å². The number of allylic oxidation sites excluding steroid dienone is 1. The summed E-state index contributed by atoms with van der Waals surface area (Å²) < 4.78 is 0. The number of rotatable bonds is 7. The predicted octanol–water partition coefficient (Wildman–Crippen LogP) is 2.83. The van der Waals surface area contributed by atoms with Gasteiger partial charge in [0.25, 0.3) is 0 Å². The van der Waals surface area contributed by atoms with Crippen LogP contribution >= 0.6 is 35.7 Å². The Morgan fingerprint density at radius 1 is 1.59 bits per heavy atom. The van der Waals surface area contributed by atoms with E-state index >= 15 is 0 Å². The summed E-state index contributed by atoms with van der Waals surface area (Å²) in [5.74, 6) is 0.977. The van der Waals surface area contributed by atoms with E-state index in [0.717, 1.165) is 31.9 Å². The highest BCUT2D eigenvalue weighted by Gasteiger charge is 2.06. The van der Waals surface area contributed by atoms with Crippen molar-refractivity contribution in [2.24, 2.45) is 4.99 Å². The summed E-state index contributed by atoms with van der Waals surface area (Å²) in [4.78, 5) is 6.43. The van der Waals surface area contributed by atoms with Crippen molar-refractivity contribution >= 4 is 41.7 Å². The molecule has 0 rings (SSSR count). The lowest BCUT2D eigenvalue weighted by Gasteiger charge is -2.23.